The highest BCUT2D eigenvalue weighted by molar-refractivity contribution is 7.89. The van der Waals surface area contributed by atoms with Gasteiger partial charge in [-0.1, -0.05) is 11.6 Å². The van der Waals surface area contributed by atoms with E-state index in [1.165, 1.54) is 65.8 Å². The Morgan fingerprint density at radius 3 is 2.15 bits per heavy atom. The summed E-state index contributed by atoms with van der Waals surface area (Å²) in [6, 6.07) is 16.1. The molecule has 0 bridgehead atoms. The fraction of sp³-hybridized carbons (Fsp3) is 0.200. The molecule has 0 aromatic heterocycles. The highest BCUT2D eigenvalue weighted by Crippen LogP contribution is 2.33. The van der Waals surface area contributed by atoms with Gasteiger partial charge in [0.05, 0.1) is 35.0 Å². The van der Waals surface area contributed by atoms with E-state index < -0.39 is 27.2 Å². The number of sulfonamides is 1. The van der Waals surface area contributed by atoms with Gasteiger partial charge in [-0.25, -0.2) is 16.9 Å². The monoisotopic (exact) mass is 592 g/mol. The van der Waals surface area contributed by atoms with Crippen LogP contribution >= 0.6 is 11.6 Å². The van der Waals surface area contributed by atoms with Crippen molar-refractivity contribution in [3.8, 4) is 0 Å². The fourth-order valence-electron chi connectivity index (χ4n) is 3.91. The number of rotatable bonds is 8. The second-order valence-electron chi connectivity index (χ2n) is 8.41. The van der Waals surface area contributed by atoms with Crippen LogP contribution in [0.2, 0.25) is 5.02 Å². The molecule has 11 nitrogen and oxygen atoms in total. The molecule has 4 rings (SSSR count). The number of morpholine rings is 1. The van der Waals surface area contributed by atoms with Gasteiger partial charge in [0.1, 0.15) is 0 Å². The fourth-order valence-corrected chi connectivity index (χ4v) is 6.12. The van der Waals surface area contributed by atoms with E-state index in [4.69, 9.17) is 16.3 Å². The predicted octanol–water partition coefficient (Wildman–Crippen LogP) is 3.85. The lowest BCUT2D eigenvalue weighted by Crippen LogP contribution is -2.40. The molecule has 1 heterocycles. The number of amides is 2. The molecule has 1 aliphatic rings. The van der Waals surface area contributed by atoms with Gasteiger partial charge in [0.15, 0.2) is 0 Å². The number of anilines is 4. The highest BCUT2D eigenvalue weighted by Gasteiger charge is 2.27. The summed E-state index contributed by atoms with van der Waals surface area (Å²) in [5, 5.41) is 5.51. The van der Waals surface area contributed by atoms with E-state index in [0.717, 1.165) is 4.31 Å². The number of ether oxygens (including phenoxy) is 1. The summed E-state index contributed by atoms with van der Waals surface area (Å²) in [5.74, 6) is -0.907. The summed E-state index contributed by atoms with van der Waals surface area (Å²) in [5.41, 5.74) is 1.17. The molecule has 1 unspecified atom stereocenters. The molecular weight excluding hydrogens is 568 g/mol. The zero-order chi connectivity index (χ0) is 28.2. The first kappa shape index (κ1) is 28.7. The van der Waals surface area contributed by atoms with Crippen LogP contribution in [0.25, 0.3) is 0 Å². The molecular formula is C25H25ClN4O7S2. The van der Waals surface area contributed by atoms with Gasteiger partial charge in [0.25, 0.3) is 17.2 Å². The van der Waals surface area contributed by atoms with E-state index in [9.17, 15) is 26.8 Å². The van der Waals surface area contributed by atoms with Gasteiger partial charge in [0, 0.05) is 36.4 Å². The number of hydrogen-bond donors (Lipinski definition) is 3. The van der Waals surface area contributed by atoms with Crippen molar-refractivity contribution >= 4 is 67.5 Å². The molecule has 2 amide bonds. The third-order valence-corrected chi connectivity index (χ3v) is 8.59. The van der Waals surface area contributed by atoms with Crippen LogP contribution < -0.4 is 14.9 Å². The molecule has 0 aliphatic carbocycles. The molecule has 0 radical (unpaired) electrons. The van der Waals surface area contributed by atoms with Crippen LogP contribution in [0.4, 0.5) is 22.7 Å². The van der Waals surface area contributed by atoms with Crippen molar-refractivity contribution < 1.29 is 31.5 Å². The minimum absolute atomic E-state index is 0.000789. The number of benzene rings is 3. The van der Waals surface area contributed by atoms with Crippen LogP contribution in [0, 0.1) is 0 Å². The SMILES string of the molecule is CC(=O)Nc1ccc(N(c2ccc(Cl)cc2C(=O)Nc2ccc(S(=O)(=O)N3CCOCC3)cc2)S(=O)O)cc1. The van der Waals surface area contributed by atoms with E-state index in [1.807, 2.05) is 0 Å². The summed E-state index contributed by atoms with van der Waals surface area (Å²) >= 11 is 3.58. The molecule has 0 saturated carbocycles. The standard InChI is InChI=1S/C25H25ClN4O7S2/c1-17(31)27-19-3-7-21(8-4-19)30(38(33)34)24-11-2-18(26)16-23(24)25(32)28-20-5-9-22(10-6-20)39(35,36)29-12-14-37-15-13-29/h2-11,16H,12-15H2,1H3,(H,27,31)(H,28,32)(H,33,34). The first-order valence-electron chi connectivity index (χ1n) is 11.6. The summed E-state index contributed by atoms with van der Waals surface area (Å²) in [4.78, 5) is 24.7. The number of hydrogen-bond acceptors (Lipinski definition) is 6. The third-order valence-electron chi connectivity index (χ3n) is 5.72. The molecule has 1 saturated heterocycles. The highest BCUT2D eigenvalue weighted by atomic mass is 35.5. The summed E-state index contributed by atoms with van der Waals surface area (Å²) < 4.78 is 55.8. The number of carbonyl (C=O) groups excluding carboxylic acids is 2. The van der Waals surface area contributed by atoms with Crippen molar-refractivity contribution in [1.29, 1.82) is 0 Å². The normalized spacial score (nSPS) is 14.8. The quantitative estimate of drug-likeness (QED) is 0.337. The van der Waals surface area contributed by atoms with Crippen LogP contribution in [0.5, 0.6) is 0 Å². The molecule has 0 spiro atoms. The molecule has 39 heavy (non-hydrogen) atoms. The van der Waals surface area contributed by atoms with Crippen molar-refractivity contribution in [2.45, 2.75) is 11.8 Å². The Labute approximate surface area is 233 Å². The minimum Gasteiger partial charge on any atom is -0.379 e. The van der Waals surface area contributed by atoms with E-state index >= 15 is 0 Å². The van der Waals surface area contributed by atoms with Gasteiger partial charge < -0.3 is 15.4 Å². The topological polar surface area (TPSA) is 145 Å². The van der Waals surface area contributed by atoms with Crippen molar-refractivity contribution in [2.24, 2.45) is 0 Å². The molecule has 14 heteroatoms. The van der Waals surface area contributed by atoms with Crippen LogP contribution in [0.3, 0.4) is 0 Å². The maximum Gasteiger partial charge on any atom is 0.266 e. The van der Waals surface area contributed by atoms with Crippen molar-refractivity contribution in [3.63, 3.8) is 0 Å². The lowest BCUT2D eigenvalue weighted by atomic mass is 10.1. The molecule has 1 atom stereocenters. The van der Waals surface area contributed by atoms with Crippen LogP contribution in [0.15, 0.2) is 71.6 Å². The van der Waals surface area contributed by atoms with E-state index in [-0.39, 0.29) is 45.9 Å². The number of carbonyl (C=O) groups is 2. The van der Waals surface area contributed by atoms with Crippen molar-refractivity contribution in [3.05, 3.63) is 77.3 Å². The van der Waals surface area contributed by atoms with E-state index in [0.29, 0.717) is 24.6 Å². The number of halogens is 1. The lowest BCUT2D eigenvalue weighted by molar-refractivity contribution is -0.114. The molecule has 206 valence electrons. The maximum atomic E-state index is 13.3. The molecule has 1 fully saturated rings. The second-order valence-corrected chi connectivity index (χ2v) is 11.6. The zero-order valence-electron chi connectivity index (χ0n) is 20.7. The molecule has 3 aromatic rings. The first-order chi connectivity index (χ1) is 18.6. The molecule has 3 N–H and O–H groups in total. The maximum absolute atomic E-state index is 13.3. The zero-order valence-corrected chi connectivity index (χ0v) is 23.1. The van der Waals surface area contributed by atoms with Crippen LogP contribution in [-0.4, -0.2) is 59.6 Å². The lowest BCUT2D eigenvalue weighted by Gasteiger charge is -2.26. The largest absolute Gasteiger partial charge is 0.379 e. The average molecular weight is 593 g/mol. The third kappa shape index (κ3) is 6.82. The average Bonchev–Trinajstić information content (AvgIpc) is 2.91. The number of nitrogens with zero attached hydrogens (tertiary/aromatic N) is 2. The van der Waals surface area contributed by atoms with Gasteiger partial charge in [-0.3, -0.25) is 14.1 Å². The Kier molecular flexibility index (Phi) is 9.00. The van der Waals surface area contributed by atoms with Crippen molar-refractivity contribution in [1.82, 2.24) is 4.31 Å². The minimum atomic E-state index is -3.70. The summed E-state index contributed by atoms with van der Waals surface area (Å²) in [6.45, 7) is 2.53. The summed E-state index contributed by atoms with van der Waals surface area (Å²) in [7, 11) is -3.70. The Bertz CT molecular complexity index is 1490. The smallest absolute Gasteiger partial charge is 0.266 e. The number of nitrogens with one attached hydrogen (secondary N) is 2. The Balaban J connectivity index is 1.59. The second kappa shape index (κ2) is 12.2. The van der Waals surface area contributed by atoms with Gasteiger partial charge >= 0.3 is 0 Å². The van der Waals surface area contributed by atoms with Gasteiger partial charge in [0.2, 0.25) is 15.9 Å². The Morgan fingerprint density at radius 1 is 0.974 bits per heavy atom. The van der Waals surface area contributed by atoms with Crippen molar-refractivity contribution in [2.75, 3.05) is 41.2 Å². The molecule has 3 aromatic carbocycles. The van der Waals surface area contributed by atoms with Gasteiger partial charge in [-0.05, 0) is 66.7 Å². The molecule has 1 aliphatic heterocycles. The van der Waals surface area contributed by atoms with Gasteiger partial charge in [-0.2, -0.15) is 4.31 Å². The predicted molar refractivity (Wildman–Crippen MR) is 149 cm³/mol. The van der Waals surface area contributed by atoms with E-state index in [1.54, 1.807) is 12.1 Å². The van der Waals surface area contributed by atoms with Crippen LogP contribution in [0.1, 0.15) is 17.3 Å². The summed E-state index contributed by atoms with van der Waals surface area (Å²) in [6.07, 6.45) is 0. The van der Waals surface area contributed by atoms with Gasteiger partial charge in [-0.15, -0.1) is 0 Å². The first-order valence-corrected chi connectivity index (χ1v) is 14.5. The Hall–Kier alpha value is -3.33. The Morgan fingerprint density at radius 2 is 1.56 bits per heavy atom. The van der Waals surface area contributed by atoms with E-state index in [2.05, 4.69) is 10.6 Å². The van der Waals surface area contributed by atoms with Crippen LogP contribution in [-0.2, 0) is 30.8 Å².